The first-order valence-corrected chi connectivity index (χ1v) is 6.68. The lowest BCUT2D eigenvalue weighted by Crippen LogP contribution is -2.24. The fourth-order valence-electron chi connectivity index (χ4n) is 1.75. The Morgan fingerprint density at radius 3 is 2.52 bits per heavy atom. The summed E-state index contributed by atoms with van der Waals surface area (Å²) in [7, 11) is 1.78. The van der Waals surface area contributed by atoms with Gasteiger partial charge >= 0.3 is 5.97 Å². The summed E-state index contributed by atoms with van der Waals surface area (Å²) in [5, 5.41) is 5.97. The van der Waals surface area contributed by atoms with Gasteiger partial charge in [-0.25, -0.2) is 4.79 Å². The monoisotopic (exact) mass is 283 g/mol. The Kier molecular flexibility index (Phi) is 5.04. The SMILES string of the molecule is CCOC(=O)/C(=N/N(C)c1ccccc1)c1ccccn1. The van der Waals surface area contributed by atoms with Crippen molar-refractivity contribution in [2.24, 2.45) is 5.10 Å². The van der Waals surface area contributed by atoms with E-state index in [0.29, 0.717) is 12.3 Å². The Labute approximate surface area is 123 Å². The molecule has 0 amide bonds. The van der Waals surface area contributed by atoms with Crippen molar-refractivity contribution in [2.75, 3.05) is 18.7 Å². The van der Waals surface area contributed by atoms with Gasteiger partial charge in [0, 0.05) is 13.2 Å². The smallest absolute Gasteiger partial charge is 0.361 e. The maximum Gasteiger partial charge on any atom is 0.361 e. The molecule has 0 atom stereocenters. The lowest BCUT2D eigenvalue weighted by molar-refractivity contribution is -0.134. The van der Waals surface area contributed by atoms with Crippen molar-refractivity contribution >= 4 is 17.4 Å². The first kappa shape index (κ1) is 14.7. The second-order valence-electron chi connectivity index (χ2n) is 4.24. The number of ether oxygens (including phenoxy) is 1. The van der Waals surface area contributed by atoms with Gasteiger partial charge in [0.2, 0.25) is 0 Å². The molecule has 1 aromatic heterocycles. The topological polar surface area (TPSA) is 54.8 Å². The zero-order chi connectivity index (χ0) is 15.1. The molecule has 2 rings (SSSR count). The van der Waals surface area contributed by atoms with Crippen LogP contribution in [0.4, 0.5) is 5.69 Å². The van der Waals surface area contributed by atoms with Crippen molar-refractivity contribution in [3.05, 3.63) is 60.4 Å². The molecule has 0 saturated carbocycles. The van der Waals surface area contributed by atoms with Crippen LogP contribution >= 0.6 is 0 Å². The molecular formula is C16H17N3O2. The van der Waals surface area contributed by atoms with Gasteiger partial charge in [-0.1, -0.05) is 24.3 Å². The molecule has 0 saturated heterocycles. The number of benzene rings is 1. The van der Waals surface area contributed by atoms with E-state index in [1.807, 2.05) is 30.3 Å². The van der Waals surface area contributed by atoms with Crippen LogP contribution in [0.15, 0.2) is 59.8 Å². The summed E-state index contributed by atoms with van der Waals surface area (Å²) in [5.74, 6) is -0.487. The number of hydrogen-bond donors (Lipinski definition) is 0. The second-order valence-corrected chi connectivity index (χ2v) is 4.24. The molecule has 0 bridgehead atoms. The highest BCUT2D eigenvalue weighted by Gasteiger charge is 2.18. The minimum Gasteiger partial charge on any atom is -0.461 e. The predicted molar refractivity (Wildman–Crippen MR) is 82.3 cm³/mol. The van der Waals surface area contributed by atoms with E-state index in [4.69, 9.17) is 4.74 Å². The zero-order valence-corrected chi connectivity index (χ0v) is 12.1. The van der Waals surface area contributed by atoms with E-state index in [9.17, 15) is 4.79 Å². The molecule has 0 spiro atoms. The lowest BCUT2D eigenvalue weighted by atomic mass is 10.2. The van der Waals surface area contributed by atoms with Crippen LogP contribution in [0.2, 0.25) is 0 Å². The normalized spacial score (nSPS) is 11.0. The third-order valence-corrected chi connectivity index (χ3v) is 2.76. The molecule has 2 aromatic rings. The molecule has 0 aliphatic heterocycles. The molecule has 5 nitrogen and oxygen atoms in total. The lowest BCUT2D eigenvalue weighted by Gasteiger charge is -2.15. The predicted octanol–water partition coefficient (Wildman–Crippen LogP) is 2.49. The summed E-state index contributed by atoms with van der Waals surface area (Å²) in [6.45, 7) is 2.05. The Morgan fingerprint density at radius 2 is 1.90 bits per heavy atom. The summed E-state index contributed by atoms with van der Waals surface area (Å²) < 4.78 is 5.06. The number of nitrogens with zero attached hydrogens (tertiary/aromatic N) is 3. The molecule has 0 unspecified atom stereocenters. The maximum absolute atomic E-state index is 12.1. The summed E-state index contributed by atoms with van der Waals surface area (Å²) >= 11 is 0. The van der Waals surface area contributed by atoms with Crippen molar-refractivity contribution in [1.82, 2.24) is 4.98 Å². The highest BCUT2D eigenvalue weighted by Crippen LogP contribution is 2.12. The van der Waals surface area contributed by atoms with E-state index in [2.05, 4.69) is 10.1 Å². The van der Waals surface area contributed by atoms with Gasteiger partial charge in [0.1, 0.15) is 0 Å². The summed E-state index contributed by atoms with van der Waals surface area (Å²) in [6.07, 6.45) is 1.62. The van der Waals surface area contributed by atoms with E-state index >= 15 is 0 Å². The number of anilines is 1. The van der Waals surface area contributed by atoms with Crippen molar-refractivity contribution < 1.29 is 9.53 Å². The summed E-state index contributed by atoms with van der Waals surface area (Å²) in [5.41, 5.74) is 1.54. The van der Waals surface area contributed by atoms with Crippen molar-refractivity contribution in [2.45, 2.75) is 6.92 Å². The standard InChI is InChI=1S/C16H17N3O2/c1-3-21-16(20)15(14-11-7-8-12-17-14)18-19(2)13-9-5-4-6-10-13/h4-12H,3H2,1-2H3/b18-15+. The molecule has 21 heavy (non-hydrogen) atoms. The van der Waals surface area contributed by atoms with Gasteiger partial charge in [-0.15, -0.1) is 0 Å². The molecule has 108 valence electrons. The number of aromatic nitrogens is 1. The Morgan fingerprint density at radius 1 is 1.19 bits per heavy atom. The van der Waals surface area contributed by atoms with E-state index in [1.165, 1.54) is 0 Å². The molecule has 5 heteroatoms. The van der Waals surface area contributed by atoms with Crippen molar-refractivity contribution in [1.29, 1.82) is 0 Å². The Balaban J connectivity index is 2.35. The van der Waals surface area contributed by atoms with Crippen LogP contribution in [0.3, 0.4) is 0 Å². The third-order valence-electron chi connectivity index (χ3n) is 2.76. The van der Waals surface area contributed by atoms with Gasteiger partial charge < -0.3 is 4.74 Å². The molecule has 0 N–H and O–H groups in total. The number of rotatable bonds is 5. The second kappa shape index (κ2) is 7.19. The number of carbonyl (C=O) groups is 1. The molecule has 1 heterocycles. The number of pyridine rings is 1. The van der Waals surface area contributed by atoms with Gasteiger partial charge in [-0.2, -0.15) is 5.10 Å². The average Bonchev–Trinajstić information content (AvgIpc) is 2.54. The highest BCUT2D eigenvalue weighted by atomic mass is 16.5. The minimum absolute atomic E-state index is 0.184. The zero-order valence-electron chi connectivity index (χ0n) is 12.1. The van der Waals surface area contributed by atoms with Gasteiger partial charge in [-0.3, -0.25) is 9.99 Å². The molecule has 0 fully saturated rings. The summed E-state index contributed by atoms with van der Waals surface area (Å²) in [4.78, 5) is 16.3. The average molecular weight is 283 g/mol. The van der Waals surface area contributed by atoms with Crippen LogP contribution in [-0.2, 0) is 9.53 Å². The molecule has 0 aliphatic carbocycles. The van der Waals surface area contributed by atoms with Crippen LogP contribution < -0.4 is 5.01 Å². The van der Waals surface area contributed by atoms with E-state index < -0.39 is 5.97 Å². The van der Waals surface area contributed by atoms with Gasteiger partial charge in [0.25, 0.3) is 0 Å². The van der Waals surface area contributed by atoms with E-state index in [0.717, 1.165) is 5.69 Å². The number of para-hydroxylation sites is 1. The van der Waals surface area contributed by atoms with Gasteiger partial charge in [0.15, 0.2) is 5.71 Å². The molecule has 0 radical (unpaired) electrons. The maximum atomic E-state index is 12.1. The highest BCUT2D eigenvalue weighted by molar-refractivity contribution is 6.42. The fraction of sp³-hybridized carbons (Fsp3) is 0.188. The fourth-order valence-corrected chi connectivity index (χ4v) is 1.75. The first-order chi connectivity index (χ1) is 10.2. The van der Waals surface area contributed by atoms with E-state index in [1.54, 1.807) is 43.4 Å². The number of carbonyl (C=O) groups excluding carboxylic acids is 1. The quantitative estimate of drug-likeness (QED) is 0.480. The van der Waals surface area contributed by atoms with E-state index in [-0.39, 0.29) is 5.71 Å². The Bertz CT molecular complexity index is 612. The van der Waals surface area contributed by atoms with Crippen LogP contribution in [0.5, 0.6) is 0 Å². The number of hydrogen-bond acceptors (Lipinski definition) is 5. The van der Waals surface area contributed by atoms with Crippen LogP contribution in [0, 0.1) is 0 Å². The number of esters is 1. The molecule has 0 aliphatic rings. The third kappa shape index (κ3) is 3.89. The largest absolute Gasteiger partial charge is 0.461 e. The van der Waals surface area contributed by atoms with Crippen molar-refractivity contribution in [3.63, 3.8) is 0 Å². The van der Waals surface area contributed by atoms with Crippen LogP contribution in [0.25, 0.3) is 0 Å². The number of hydrazone groups is 1. The van der Waals surface area contributed by atoms with Crippen LogP contribution in [0.1, 0.15) is 12.6 Å². The first-order valence-electron chi connectivity index (χ1n) is 6.68. The molecular weight excluding hydrogens is 266 g/mol. The van der Waals surface area contributed by atoms with Gasteiger partial charge in [0.05, 0.1) is 18.0 Å². The molecule has 1 aromatic carbocycles. The minimum atomic E-state index is -0.487. The Hall–Kier alpha value is -2.69. The summed E-state index contributed by atoms with van der Waals surface area (Å²) in [6, 6.07) is 14.9. The van der Waals surface area contributed by atoms with Crippen molar-refractivity contribution in [3.8, 4) is 0 Å². The van der Waals surface area contributed by atoms with Crippen LogP contribution in [-0.4, -0.2) is 30.3 Å². The van der Waals surface area contributed by atoms with Gasteiger partial charge in [-0.05, 0) is 31.2 Å².